The predicted octanol–water partition coefficient (Wildman–Crippen LogP) is 3.97. The Balaban J connectivity index is 1.30. The van der Waals surface area contributed by atoms with Crippen molar-refractivity contribution in [2.45, 2.75) is 51.1 Å². The maximum atomic E-state index is 12.8. The van der Waals surface area contributed by atoms with Gasteiger partial charge in [0.2, 0.25) is 11.9 Å². The summed E-state index contributed by atoms with van der Waals surface area (Å²) >= 11 is 0. The number of anilines is 3. The lowest BCUT2D eigenvalue weighted by Crippen LogP contribution is -2.41. The van der Waals surface area contributed by atoms with Crippen LogP contribution in [0.4, 0.5) is 17.5 Å². The fourth-order valence-electron chi connectivity index (χ4n) is 4.37. The molecular formula is C31H37N7O2. The zero-order chi connectivity index (χ0) is 28.6. The van der Waals surface area contributed by atoms with Gasteiger partial charge in [-0.3, -0.25) is 9.59 Å². The highest BCUT2D eigenvalue weighted by Crippen LogP contribution is 2.36. The number of nitrogens with one attached hydrogen (secondary N) is 2. The number of aromatic nitrogens is 2. The van der Waals surface area contributed by atoms with Gasteiger partial charge in [0.25, 0.3) is 0 Å². The van der Waals surface area contributed by atoms with Gasteiger partial charge in [0, 0.05) is 43.7 Å². The van der Waals surface area contributed by atoms with Crippen molar-refractivity contribution in [3.63, 3.8) is 0 Å². The summed E-state index contributed by atoms with van der Waals surface area (Å²) in [7, 11) is 5.56. The molecule has 0 saturated heterocycles. The molecule has 0 unspecified atom stereocenters. The second kappa shape index (κ2) is 13.2. The highest BCUT2D eigenvalue weighted by atomic mass is 16.2. The van der Waals surface area contributed by atoms with E-state index in [9.17, 15) is 9.59 Å². The molecule has 2 aliphatic carbocycles. The van der Waals surface area contributed by atoms with Crippen LogP contribution in [-0.4, -0.2) is 71.2 Å². The smallest absolute Gasteiger partial charge is 0.246 e. The molecule has 9 nitrogen and oxygen atoms in total. The number of hydrogen-bond acceptors (Lipinski definition) is 8. The highest BCUT2D eigenvalue weighted by molar-refractivity contribution is 5.93. The number of carbonyl (C=O) groups excluding carboxylic acids is 2. The SMILES string of the molecule is C[C@@H](C(=O)CC1CC(C#Cc2cnc(Nc3ccc(C#N)cc3)nc2NC2CC2)C1)N(C)C(=O)/C=C/CN(C)C. The molecule has 9 heteroatoms. The number of rotatable bonds is 11. The third kappa shape index (κ3) is 8.14. The fourth-order valence-corrected chi connectivity index (χ4v) is 4.37. The molecule has 0 bridgehead atoms. The molecule has 2 N–H and O–H groups in total. The van der Waals surface area contributed by atoms with Crippen LogP contribution in [0.3, 0.4) is 0 Å². The first kappa shape index (κ1) is 28.8. The van der Waals surface area contributed by atoms with Gasteiger partial charge in [0.05, 0.1) is 29.4 Å². The van der Waals surface area contributed by atoms with Crippen molar-refractivity contribution in [3.05, 3.63) is 53.7 Å². The van der Waals surface area contributed by atoms with Crippen LogP contribution in [0.25, 0.3) is 0 Å². The molecular weight excluding hydrogens is 502 g/mol. The summed E-state index contributed by atoms with van der Waals surface area (Å²) in [6.07, 6.45) is 9.50. The van der Waals surface area contributed by atoms with Crippen LogP contribution in [-0.2, 0) is 9.59 Å². The van der Waals surface area contributed by atoms with E-state index in [1.165, 1.54) is 11.0 Å². The van der Waals surface area contributed by atoms with E-state index in [1.807, 2.05) is 31.1 Å². The number of likely N-dealkylation sites (N-methyl/N-ethyl adjacent to an activating group) is 2. The first-order valence-corrected chi connectivity index (χ1v) is 13.7. The molecule has 40 heavy (non-hydrogen) atoms. The minimum Gasteiger partial charge on any atom is -0.366 e. The minimum absolute atomic E-state index is 0.0861. The molecule has 2 aliphatic rings. The van der Waals surface area contributed by atoms with E-state index >= 15 is 0 Å². The van der Waals surface area contributed by atoms with E-state index in [-0.39, 0.29) is 17.6 Å². The van der Waals surface area contributed by atoms with Crippen LogP contribution >= 0.6 is 0 Å². The average Bonchev–Trinajstić information content (AvgIpc) is 3.74. The number of ketones is 1. The lowest BCUT2D eigenvalue weighted by Gasteiger charge is -2.33. The number of hydrogen-bond donors (Lipinski definition) is 2. The molecule has 4 rings (SSSR count). The highest BCUT2D eigenvalue weighted by Gasteiger charge is 2.32. The Kier molecular flexibility index (Phi) is 9.52. The topological polar surface area (TPSA) is 114 Å². The van der Waals surface area contributed by atoms with Crippen molar-refractivity contribution >= 4 is 29.1 Å². The second-order valence-corrected chi connectivity index (χ2v) is 11.0. The van der Waals surface area contributed by atoms with E-state index < -0.39 is 6.04 Å². The normalized spacial score (nSPS) is 18.7. The Hall–Kier alpha value is -4.21. The van der Waals surface area contributed by atoms with Gasteiger partial charge in [-0.05, 0) is 76.9 Å². The first-order valence-electron chi connectivity index (χ1n) is 13.7. The lowest BCUT2D eigenvalue weighted by molar-refractivity contribution is -0.134. The summed E-state index contributed by atoms with van der Waals surface area (Å²) in [6.45, 7) is 2.47. The second-order valence-electron chi connectivity index (χ2n) is 11.0. The Bertz CT molecular complexity index is 1340. The van der Waals surface area contributed by atoms with Crippen molar-refractivity contribution in [2.24, 2.45) is 11.8 Å². The molecule has 2 fully saturated rings. The van der Waals surface area contributed by atoms with Crippen LogP contribution in [0.1, 0.15) is 50.2 Å². The van der Waals surface area contributed by atoms with Crippen LogP contribution in [0.2, 0.25) is 0 Å². The minimum atomic E-state index is -0.453. The van der Waals surface area contributed by atoms with E-state index in [2.05, 4.69) is 38.5 Å². The van der Waals surface area contributed by atoms with Gasteiger partial charge in [-0.2, -0.15) is 10.2 Å². The number of benzene rings is 1. The summed E-state index contributed by atoms with van der Waals surface area (Å²) in [5.41, 5.74) is 2.15. The lowest BCUT2D eigenvalue weighted by atomic mass is 9.72. The van der Waals surface area contributed by atoms with E-state index in [0.29, 0.717) is 42.3 Å². The standard InChI is InChI=1S/C31H37N7O2/c1-21(38(4)29(40)6-5-15-37(2)3)28(39)18-24-16-23(17-24)7-10-25-20-33-31(36-30(25)34-26-13-14-26)35-27-11-8-22(19-32)9-12-27/h5-6,8-9,11-12,20-21,23-24,26H,13-18H2,1-4H3,(H2,33,34,35,36)/b6-5+/t21-,23?,24?/m0/s1. The van der Waals surface area contributed by atoms with Gasteiger partial charge in [0.15, 0.2) is 5.78 Å². The average molecular weight is 540 g/mol. The quantitative estimate of drug-likeness (QED) is 0.326. The van der Waals surface area contributed by atoms with Crippen molar-refractivity contribution in [3.8, 4) is 17.9 Å². The van der Waals surface area contributed by atoms with Crippen molar-refractivity contribution < 1.29 is 9.59 Å². The number of amides is 1. The number of nitriles is 1. The van der Waals surface area contributed by atoms with Gasteiger partial charge < -0.3 is 20.4 Å². The van der Waals surface area contributed by atoms with E-state index in [0.717, 1.165) is 36.9 Å². The number of Topliss-reactive ketones (excluding diaryl/α,β-unsaturated/α-hetero) is 1. The van der Waals surface area contributed by atoms with Gasteiger partial charge in [-0.15, -0.1) is 0 Å². The van der Waals surface area contributed by atoms with Crippen LogP contribution < -0.4 is 10.6 Å². The van der Waals surface area contributed by atoms with Crippen LogP contribution in [0.5, 0.6) is 0 Å². The Morgan fingerprint density at radius 2 is 1.90 bits per heavy atom. The Morgan fingerprint density at radius 1 is 1.18 bits per heavy atom. The monoisotopic (exact) mass is 539 g/mol. The van der Waals surface area contributed by atoms with Gasteiger partial charge in [-0.25, -0.2) is 4.98 Å². The molecule has 0 spiro atoms. The molecule has 1 aromatic carbocycles. The molecule has 208 valence electrons. The first-order chi connectivity index (χ1) is 19.2. The van der Waals surface area contributed by atoms with Crippen LogP contribution in [0, 0.1) is 35.0 Å². The molecule has 2 aromatic rings. The summed E-state index contributed by atoms with van der Waals surface area (Å²) in [5.74, 6) is 8.24. The molecule has 1 atom stereocenters. The molecule has 1 aromatic heterocycles. The van der Waals surface area contributed by atoms with Gasteiger partial charge >= 0.3 is 0 Å². The third-order valence-corrected chi connectivity index (χ3v) is 7.24. The van der Waals surface area contributed by atoms with Crippen molar-refractivity contribution in [2.75, 3.05) is 38.3 Å². The molecule has 1 heterocycles. The van der Waals surface area contributed by atoms with E-state index in [4.69, 9.17) is 5.26 Å². The Labute approximate surface area is 236 Å². The van der Waals surface area contributed by atoms with Gasteiger partial charge in [-0.1, -0.05) is 17.9 Å². The largest absolute Gasteiger partial charge is 0.366 e. The van der Waals surface area contributed by atoms with Gasteiger partial charge in [0.1, 0.15) is 5.82 Å². The molecule has 2 saturated carbocycles. The molecule has 1 amide bonds. The maximum Gasteiger partial charge on any atom is 0.246 e. The fraction of sp³-hybridized carbons (Fsp3) is 0.452. The molecule has 0 aliphatic heterocycles. The predicted molar refractivity (Wildman–Crippen MR) is 156 cm³/mol. The zero-order valence-corrected chi connectivity index (χ0v) is 23.6. The maximum absolute atomic E-state index is 12.8. The number of nitrogens with zero attached hydrogens (tertiary/aromatic N) is 5. The summed E-state index contributed by atoms with van der Waals surface area (Å²) in [5, 5.41) is 15.6. The molecule has 0 radical (unpaired) electrons. The van der Waals surface area contributed by atoms with Crippen molar-refractivity contribution in [1.29, 1.82) is 5.26 Å². The Morgan fingerprint density at radius 3 is 2.55 bits per heavy atom. The van der Waals surface area contributed by atoms with E-state index in [1.54, 1.807) is 38.4 Å². The van der Waals surface area contributed by atoms with Crippen LogP contribution in [0.15, 0.2) is 42.6 Å². The summed E-state index contributed by atoms with van der Waals surface area (Å²) in [4.78, 5) is 37.8. The van der Waals surface area contributed by atoms with Crippen molar-refractivity contribution in [1.82, 2.24) is 19.8 Å². The summed E-state index contributed by atoms with van der Waals surface area (Å²) in [6, 6.07) is 9.20. The zero-order valence-electron chi connectivity index (χ0n) is 23.6. The summed E-state index contributed by atoms with van der Waals surface area (Å²) < 4.78 is 0. The number of carbonyl (C=O) groups is 2. The third-order valence-electron chi connectivity index (χ3n) is 7.24.